The first-order valence-electron chi connectivity index (χ1n) is 44.0. The molecule has 0 aromatic rings. The van der Waals surface area contributed by atoms with Gasteiger partial charge in [-0.05, 0) is 131 Å². The Balaban J connectivity index is 0.000000478. The van der Waals surface area contributed by atoms with Crippen LogP contribution in [0.1, 0.15) is 241 Å². The van der Waals surface area contributed by atoms with Crippen LogP contribution < -0.4 is 10.6 Å². The first-order chi connectivity index (χ1) is 60.9. The molecule has 0 radical (unpaired) electrons. The Morgan fingerprint density at radius 1 is 0.394 bits per heavy atom. The van der Waals surface area contributed by atoms with Gasteiger partial charge in [0.05, 0.1) is 104 Å². The second-order valence-corrected chi connectivity index (χ2v) is 31.4. The number of carbonyl (C=O) groups is 13. The SMILES string of the molecule is CC(CC(=O)OC1COC2C(OC(=O)CC(C)OC(=O)CCCCCO)COC12)OC(=O)CCCCCO.CC(O)CC(=O)O[C@H]1COC2C1OC[C@H]2OC(=O)CC(C)O.COCCCCCC(=O)OC(C)CC(=O)OC1COC2C(OC(=O)CC(C)OC(=O)CCCCCOC(=O)NCCCCCCNC(C)=O)COC12.O=C1CCCCCO1.O=C=NCN=C=O. The maximum Gasteiger partial charge on any atom is 0.407 e. The van der Waals surface area contributed by atoms with Crippen molar-refractivity contribution in [3.63, 3.8) is 0 Å². The average Bonchev–Trinajstić information content (AvgIpc) is 1.66. The molecule has 42 heteroatoms. The number of amides is 2. The Bertz CT molecular complexity index is 3230. The van der Waals surface area contributed by atoms with Crippen LogP contribution in [0, 0.1) is 0 Å². The predicted molar refractivity (Wildman–Crippen MR) is 438 cm³/mol. The van der Waals surface area contributed by atoms with Gasteiger partial charge in [0.15, 0.2) is 43.3 Å². The number of aliphatic hydroxyl groups excluding tert-OH is 4. The molecule has 7 aliphatic rings. The van der Waals surface area contributed by atoms with Gasteiger partial charge in [0.25, 0.3) is 0 Å². The van der Waals surface area contributed by atoms with Gasteiger partial charge < -0.3 is 121 Å². The number of rotatable bonds is 53. The Morgan fingerprint density at radius 2 is 0.693 bits per heavy atom. The van der Waals surface area contributed by atoms with Crippen LogP contribution in [0.2, 0.25) is 0 Å². The molecule has 127 heavy (non-hydrogen) atoms. The molecule has 0 aliphatic carbocycles. The molecule has 6 N–H and O–H groups in total. The third-order valence-electron chi connectivity index (χ3n) is 19.5. The molecule has 7 heterocycles. The van der Waals surface area contributed by atoms with Gasteiger partial charge in [-0.25, -0.2) is 14.4 Å². The van der Waals surface area contributed by atoms with Crippen molar-refractivity contribution in [1.29, 1.82) is 0 Å². The molecule has 42 nitrogen and oxygen atoms in total. The number of esters is 11. The lowest BCUT2D eigenvalue weighted by Crippen LogP contribution is -2.36. The Kier molecular flexibility index (Phi) is 59.7. The van der Waals surface area contributed by atoms with E-state index in [0.29, 0.717) is 84.1 Å². The third-order valence-corrected chi connectivity index (χ3v) is 19.5. The minimum absolute atomic E-state index is 0.0255. The topological polar surface area (TPSA) is 561 Å². The van der Waals surface area contributed by atoms with Crippen LogP contribution in [0.3, 0.4) is 0 Å². The molecule has 18 atom stereocenters. The molecule has 0 spiro atoms. The molecule has 0 bridgehead atoms. The molecular formula is C85H136N4O38. The summed E-state index contributed by atoms with van der Waals surface area (Å²) in [5, 5.41) is 41.3. The number of hydrogen-bond acceptors (Lipinski definition) is 40. The lowest BCUT2D eigenvalue weighted by molar-refractivity contribution is -0.163. The number of unbranched alkanes of at least 4 members (excludes halogenated alkanes) is 11. The van der Waals surface area contributed by atoms with Crippen molar-refractivity contribution in [2.45, 2.75) is 351 Å². The summed E-state index contributed by atoms with van der Waals surface area (Å²) in [6.07, 6.45) is 6.29. The van der Waals surface area contributed by atoms with Gasteiger partial charge in [-0.2, -0.15) is 9.98 Å². The van der Waals surface area contributed by atoms with Crippen molar-refractivity contribution in [1.82, 2.24) is 10.6 Å². The molecule has 724 valence electrons. The second kappa shape index (κ2) is 67.5. The fourth-order valence-electron chi connectivity index (χ4n) is 13.4. The van der Waals surface area contributed by atoms with Crippen molar-refractivity contribution < 1.29 is 182 Å². The number of aliphatic hydroxyl groups is 4. The number of alkyl carbamates (subject to hydrolysis) is 1. The summed E-state index contributed by atoms with van der Waals surface area (Å²) < 4.78 is 102. The third kappa shape index (κ3) is 51.9. The van der Waals surface area contributed by atoms with E-state index in [9.17, 15) is 71.9 Å². The van der Waals surface area contributed by atoms with Crippen LogP contribution in [0.5, 0.6) is 0 Å². The number of isocyanates is 2. The number of ether oxygens (including phenoxy) is 19. The summed E-state index contributed by atoms with van der Waals surface area (Å²) in [6, 6.07) is 0. The van der Waals surface area contributed by atoms with Gasteiger partial charge in [-0.15, -0.1) is 0 Å². The predicted octanol–water partition coefficient (Wildman–Crippen LogP) is 4.67. The molecule has 7 rings (SSSR count). The quantitative estimate of drug-likeness (QED) is 0.0158. The highest BCUT2D eigenvalue weighted by atomic mass is 16.7. The van der Waals surface area contributed by atoms with Crippen molar-refractivity contribution in [3.05, 3.63) is 0 Å². The van der Waals surface area contributed by atoms with Crippen LogP contribution in [0.25, 0.3) is 0 Å². The molecule has 7 fully saturated rings. The Hall–Kier alpha value is -8.77. The zero-order valence-electron chi connectivity index (χ0n) is 74.6. The monoisotopic (exact) mass is 1820 g/mol. The summed E-state index contributed by atoms with van der Waals surface area (Å²) in [5.41, 5.74) is 0. The van der Waals surface area contributed by atoms with Crippen molar-refractivity contribution in [3.8, 4) is 0 Å². The summed E-state index contributed by atoms with van der Waals surface area (Å²) in [5.74, 6) is -4.98. The van der Waals surface area contributed by atoms with Gasteiger partial charge in [0.1, 0.15) is 61.0 Å². The minimum atomic E-state index is -0.774. The van der Waals surface area contributed by atoms with Gasteiger partial charge in [-0.3, -0.25) is 57.5 Å². The molecular weight excluding hydrogens is 1680 g/mol. The lowest BCUT2D eigenvalue weighted by Gasteiger charge is -2.19. The Morgan fingerprint density at radius 3 is 0.992 bits per heavy atom. The van der Waals surface area contributed by atoms with Gasteiger partial charge in [-0.1, -0.05) is 32.1 Å². The van der Waals surface area contributed by atoms with Crippen LogP contribution in [-0.4, -0.2) is 320 Å². The fourth-order valence-corrected chi connectivity index (χ4v) is 13.4. The van der Waals surface area contributed by atoms with Gasteiger partial charge >= 0.3 is 71.8 Å². The average molecular weight is 1820 g/mol. The van der Waals surface area contributed by atoms with E-state index in [-0.39, 0.29) is 148 Å². The summed E-state index contributed by atoms with van der Waals surface area (Å²) in [7, 11) is 1.63. The second-order valence-electron chi connectivity index (χ2n) is 31.4. The zero-order valence-corrected chi connectivity index (χ0v) is 74.6. The maximum atomic E-state index is 12.6. The number of fused-ring (bicyclic) bond motifs is 3. The summed E-state index contributed by atoms with van der Waals surface area (Å²) in [6.45, 7) is 14.3. The van der Waals surface area contributed by atoms with Crippen molar-refractivity contribution in [2.75, 3.05) is 99.5 Å². The maximum absolute atomic E-state index is 12.6. The summed E-state index contributed by atoms with van der Waals surface area (Å²) >= 11 is 0. The number of cyclic esters (lactones) is 1. The highest BCUT2D eigenvalue weighted by molar-refractivity contribution is 5.76. The zero-order chi connectivity index (χ0) is 93.7. The van der Waals surface area contributed by atoms with Crippen LogP contribution >= 0.6 is 0 Å². The van der Waals surface area contributed by atoms with E-state index in [1.54, 1.807) is 34.8 Å². The van der Waals surface area contributed by atoms with Crippen LogP contribution in [0.15, 0.2) is 9.98 Å². The molecule has 7 saturated heterocycles. The fraction of sp³-hybridized carbons (Fsp3) is 0.824. The number of nitrogens with one attached hydrogen (secondary N) is 2. The highest BCUT2D eigenvalue weighted by Crippen LogP contribution is 2.35. The lowest BCUT2D eigenvalue weighted by atomic mass is 10.1. The largest absolute Gasteiger partial charge is 0.466 e. The van der Waals surface area contributed by atoms with E-state index in [4.69, 9.17) is 110 Å². The standard InChI is InChI=1S/C36H60N2O14.C26H42O12.C14H22O8.C6H10O2.C3H2N2O2/c1-25(49-30(40)15-9-7-13-19-45-4)21-32(42)51-28-23-47-35-29(24-48-34(28)35)52-33(43)22-26(2)50-31(41)16-10-8-14-20-46-36(44)38-18-12-6-5-11-17-37-27(3)39;1-17(35-21(29)9-5-3-7-11-27)13-23(31)37-19-15-33-26-20(16-34-25(19)26)38-24(32)14-18(2)36-22(30)10-6-4-8-12-28;1-7(15)3-11(17)21-9-5-19-14-10(6-20-13(9)14)22-12(18)4-8(2)16;7-6-4-2-1-3-5-8-6;6-2-4-1-5-3-7/h25-26,28-29,34-35H,5-24H2,1-4H3,(H,37,39)(H,38,44);17-20,25-28H,3-16H2,1-2H3;7-10,13-16H,3-6H2,1-2H3;1-5H2;1H2/t;;7?,8?,9-,10+,13?,14?;;. The van der Waals surface area contributed by atoms with E-state index in [2.05, 4.69) is 20.6 Å². The van der Waals surface area contributed by atoms with E-state index < -0.39 is 170 Å². The first-order valence-corrected chi connectivity index (χ1v) is 44.0. The van der Waals surface area contributed by atoms with Crippen LogP contribution in [-0.2, 0) is 157 Å². The van der Waals surface area contributed by atoms with Crippen molar-refractivity contribution in [2.24, 2.45) is 9.98 Å². The summed E-state index contributed by atoms with van der Waals surface area (Å²) in [4.78, 5) is 178. The smallest absolute Gasteiger partial charge is 0.407 e. The molecule has 0 saturated carbocycles. The molecule has 0 aromatic carbocycles. The van der Waals surface area contributed by atoms with E-state index in [0.717, 1.165) is 70.6 Å². The number of nitrogens with zero attached hydrogens (tertiary/aromatic N) is 2. The molecule has 7 aliphatic heterocycles. The van der Waals surface area contributed by atoms with Crippen molar-refractivity contribution >= 4 is 89.8 Å². The highest BCUT2D eigenvalue weighted by Gasteiger charge is 2.54. The van der Waals surface area contributed by atoms with E-state index in [1.165, 1.54) is 32.9 Å². The number of aliphatic imine (C=N–C) groups is 2. The van der Waals surface area contributed by atoms with Gasteiger partial charge in [0.2, 0.25) is 18.1 Å². The molecule has 16 unspecified atom stereocenters. The molecule has 0 aromatic heterocycles. The number of hydrogen-bond donors (Lipinski definition) is 6. The van der Waals surface area contributed by atoms with Crippen LogP contribution in [0.4, 0.5) is 4.79 Å². The Labute approximate surface area is 740 Å². The van der Waals surface area contributed by atoms with E-state index in [1.807, 2.05) is 0 Å². The number of methoxy groups -OCH3 is 1. The van der Waals surface area contributed by atoms with Gasteiger partial charge in [0, 0.05) is 79.0 Å². The normalized spacial score (nSPS) is 22.8. The molecule has 2 amide bonds. The van der Waals surface area contributed by atoms with E-state index >= 15 is 0 Å². The first kappa shape index (κ1) is 112. The minimum Gasteiger partial charge on any atom is -0.466 e. The number of carbonyl (C=O) groups excluding carboxylic acids is 15.